The molecule has 416 valence electrons. The maximum Gasteiger partial charge on any atom is 0.373 e. The summed E-state index contributed by atoms with van der Waals surface area (Å²) in [5.74, 6) is 0.258. The topological polar surface area (TPSA) is 168 Å². The third kappa shape index (κ3) is 13.3. The zero-order chi connectivity index (χ0) is 56.2. The number of carbonyl (C=O) groups is 4. The fraction of sp³-hybridized carbons (Fsp3) is 0.452. The van der Waals surface area contributed by atoms with Gasteiger partial charge in [0.2, 0.25) is 23.6 Å². The molecule has 0 radical (unpaired) electrons. The first-order chi connectivity index (χ1) is 38.3. The smallest absolute Gasteiger partial charge is 0.342 e. The first kappa shape index (κ1) is 57.9. The van der Waals surface area contributed by atoms with Crippen LogP contribution in [0.3, 0.4) is 0 Å². The Kier molecular flexibility index (Phi) is 19.8. The number of fused-ring (bicyclic) bond motifs is 10. The van der Waals surface area contributed by atoms with E-state index in [-0.39, 0.29) is 73.1 Å². The van der Waals surface area contributed by atoms with Gasteiger partial charge >= 0.3 is 12.3 Å². The molecule has 2 saturated heterocycles. The largest absolute Gasteiger partial charge is 0.373 e. The van der Waals surface area contributed by atoms with Gasteiger partial charge in [-0.3, -0.25) is 19.2 Å². The molecule has 6 aromatic rings. The second-order valence-corrected chi connectivity index (χ2v) is 21.7. The van der Waals surface area contributed by atoms with Crippen LogP contribution in [0, 0.1) is 25.5 Å². The number of halogens is 3. The average Bonchev–Trinajstić information content (AvgIpc) is 4.08. The van der Waals surface area contributed by atoms with Crippen molar-refractivity contribution in [2.24, 2.45) is 0 Å². The number of carbonyl (C=O) groups excluding carboxylic acids is 8. The van der Waals surface area contributed by atoms with Gasteiger partial charge in [-0.25, -0.2) is 8.78 Å². The van der Waals surface area contributed by atoms with Gasteiger partial charge in [0.15, 0.2) is 0 Å². The Bertz CT molecular complexity index is 3250. The number of hydrogen-bond acceptors (Lipinski definition) is 8. The Labute approximate surface area is 464 Å². The van der Waals surface area contributed by atoms with Crippen LogP contribution in [0.1, 0.15) is 137 Å². The lowest BCUT2D eigenvalue weighted by Gasteiger charge is -2.30. The van der Waals surface area contributed by atoms with E-state index in [4.69, 9.17) is 30.8 Å². The average molecular weight is 1100 g/mol. The van der Waals surface area contributed by atoms with E-state index in [1.165, 1.54) is 84.5 Å². The molecule has 4 amide bonds. The van der Waals surface area contributed by atoms with Gasteiger partial charge < -0.3 is 29.2 Å². The lowest BCUT2D eigenvalue weighted by molar-refractivity contribution is -0.193. The second-order valence-electron chi connectivity index (χ2n) is 21.5. The number of aromatic nitrogens is 2. The summed E-state index contributed by atoms with van der Waals surface area (Å²) in [7, 11) is 0. The van der Waals surface area contributed by atoms with E-state index in [1.807, 2.05) is 9.80 Å². The molecular weight excluding hydrogens is 1030 g/mol. The number of aryl methyl sites for hydroxylation is 2. The summed E-state index contributed by atoms with van der Waals surface area (Å²) in [5.41, 5.74) is 11.8. The van der Waals surface area contributed by atoms with Crippen LogP contribution in [0.5, 0.6) is 0 Å². The molecule has 0 unspecified atom stereocenters. The van der Waals surface area contributed by atoms with Crippen molar-refractivity contribution in [3.8, 4) is 22.5 Å². The van der Waals surface area contributed by atoms with Crippen LogP contribution < -0.4 is 10.2 Å². The molecule has 0 bridgehead atoms. The number of hydrogen-bond donors (Lipinski definition) is 1. The highest BCUT2D eigenvalue weighted by Crippen LogP contribution is 2.49. The zero-order valence-electron chi connectivity index (χ0n) is 45.2. The number of piperidine rings is 2. The first-order valence-corrected chi connectivity index (χ1v) is 28.4. The molecule has 4 aromatic carbocycles. The van der Waals surface area contributed by atoms with Gasteiger partial charge in [-0.2, -0.15) is 19.2 Å². The van der Waals surface area contributed by atoms with E-state index in [0.717, 1.165) is 123 Å². The standard InChI is InChI=1S/C30H34FN3O2.C23H23FN2O.C7H12ClNO.2CO2/c1-20-10-12-23-26(16-20)34-19-28(36)33(18-27(35)32-14-6-3-7-15-32)25-13-11-22(31)17-24(25)30(34)29(23)21-8-4-2-5-9-21;1-14-7-9-17-20(11-14)26-13-21(27)25-19-10-8-16(24)12-18(19)23(26)22(17)15-5-3-2-4-6-15;8-6-7(10)9-4-2-1-3-5-9;2*2-1-3/h10-13,16-17,21H,2-9,14-15,18-19H2,1H3;7-12,15H,2-6,13H2,1H3,(H,25,27);1-6H2;;. The normalized spacial score (nSPS) is 17.1. The Morgan fingerprint density at radius 2 is 1.01 bits per heavy atom. The van der Waals surface area contributed by atoms with Crippen molar-refractivity contribution in [3.05, 3.63) is 107 Å². The van der Waals surface area contributed by atoms with E-state index in [9.17, 15) is 28.0 Å². The summed E-state index contributed by atoms with van der Waals surface area (Å²) in [6.45, 7) is 7.85. The van der Waals surface area contributed by atoms with Crippen LogP contribution in [-0.2, 0) is 51.4 Å². The van der Waals surface area contributed by atoms with E-state index >= 15 is 0 Å². The minimum atomic E-state index is -0.326. The molecule has 0 spiro atoms. The quantitative estimate of drug-likeness (QED) is 0.166. The highest BCUT2D eigenvalue weighted by atomic mass is 35.5. The highest BCUT2D eigenvalue weighted by Gasteiger charge is 2.36. The first-order valence-electron chi connectivity index (χ1n) is 27.9. The number of likely N-dealkylation sites (tertiary alicyclic amines) is 2. The highest BCUT2D eigenvalue weighted by molar-refractivity contribution is 6.27. The number of rotatable bonds is 5. The molecule has 0 atom stereocenters. The van der Waals surface area contributed by atoms with Crippen molar-refractivity contribution in [2.45, 2.75) is 142 Å². The molecule has 4 fully saturated rings. The predicted octanol–water partition coefficient (Wildman–Crippen LogP) is 12.0. The zero-order valence-corrected chi connectivity index (χ0v) is 45.9. The maximum absolute atomic E-state index is 14.8. The van der Waals surface area contributed by atoms with E-state index in [0.29, 0.717) is 23.2 Å². The Morgan fingerprint density at radius 3 is 1.52 bits per heavy atom. The van der Waals surface area contributed by atoms with Crippen LogP contribution in [0.15, 0.2) is 72.8 Å². The number of amides is 4. The van der Waals surface area contributed by atoms with Crippen molar-refractivity contribution in [3.63, 3.8) is 0 Å². The summed E-state index contributed by atoms with van der Waals surface area (Å²) in [4.78, 5) is 88.4. The van der Waals surface area contributed by atoms with E-state index < -0.39 is 0 Å². The Morgan fingerprint density at radius 1 is 0.570 bits per heavy atom. The molecule has 2 aliphatic carbocycles. The molecule has 79 heavy (non-hydrogen) atoms. The molecule has 6 aliphatic rings. The van der Waals surface area contributed by atoms with E-state index in [2.05, 4.69) is 64.7 Å². The van der Waals surface area contributed by atoms with Crippen molar-refractivity contribution in [2.75, 3.05) is 48.8 Å². The summed E-state index contributed by atoms with van der Waals surface area (Å²) in [6, 6.07) is 22.3. The Hall–Kier alpha value is -7.25. The SMILES string of the molecule is Cc1ccc2c(C3CCCCC3)c3n(c2c1)CC(=O)N(CC(=O)N1CCCCC1)c1ccc(F)cc1-3.Cc1ccc2c(C3CCCCC3)c3n(c2c1)CC(=O)Nc1ccc(F)cc1-3.O=C(CCl)N1CCCCC1.O=C=O.O=C=O. The molecule has 1 N–H and O–H groups in total. The third-order valence-electron chi connectivity index (χ3n) is 16.3. The van der Waals surface area contributed by atoms with Crippen molar-refractivity contribution in [1.29, 1.82) is 0 Å². The van der Waals surface area contributed by atoms with Gasteiger partial charge in [0.1, 0.15) is 37.1 Å². The van der Waals surface area contributed by atoms with Crippen LogP contribution in [-0.4, -0.2) is 93.5 Å². The van der Waals surface area contributed by atoms with Crippen molar-refractivity contribution >= 4 is 80.7 Å². The van der Waals surface area contributed by atoms with Gasteiger partial charge in [-0.15, -0.1) is 11.6 Å². The number of anilines is 2. The summed E-state index contributed by atoms with van der Waals surface area (Å²) >= 11 is 5.39. The van der Waals surface area contributed by atoms with Crippen LogP contribution in [0.4, 0.5) is 20.2 Å². The summed E-state index contributed by atoms with van der Waals surface area (Å²) in [5, 5.41) is 5.35. The third-order valence-corrected chi connectivity index (χ3v) is 16.5. The van der Waals surface area contributed by atoms with Gasteiger partial charge in [0.25, 0.3) is 0 Å². The van der Waals surface area contributed by atoms with Crippen molar-refractivity contribution in [1.82, 2.24) is 18.9 Å². The number of alkyl halides is 1. The van der Waals surface area contributed by atoms with Gasteiger partial charge in [-0.05, 0) is 161 Å². The lowest BCUT2D eigenvalue weighted by atomic mass is 9.81. The number of nitrogens with zero attached hydrogens (tertiary/aromatic N) is 5. The fourth-order valence-electron chi connectivity index (χ4n) is 12.7. The van der Waals surface area contributed by atoms with Crippen LogP contribution in [0.2, 0.25) is 0 Å². The van der Waals surface area contributed by atoms with Gasteiger partial charge in [-0.1, -0.05) is 62.8 Å². The van der Waals surface area contributed by atoms with Gasteiger partial charge in [0, 0.05) is 59.1 Å². The monoisotopic (exact) mass is 1100 g/mol. The summed E-state index contributed by atoms with van der Waals surface area (Å²) < 4.78 is 33.2. The number of benzene rings is 4. The van der Waals surface area contributed by atoms with Gasteiger partial charge in [0.05, 0.1) is 22.8 Å². The lowest BCUT2D eigenvalue weighted by Crippen LogP contribution is -2.45. The van der Waals surface area contributed by atoms with Crippen LogP contribution >= 0.6 is 11.6 Å². The molecule has 12 rings (SSSR count). The molecule has 2 saturated carbocycles. The molecule has 2 aromatic heterocycles. The Balaban J connectivity index is 0.000000167. The van der Waals surface area contributed by atoms with Crippen LogP contribution in [0.25, 0.3) is 44.3 Å². The fourth-order valence-corrected chi connectivity index (χ4v) is 12.9. The molecule has 17 heteroatoms. The maximum atomic E-state index is 14.8. The van der Waals surface area contributed by atoms with E-state index in [1.54, 1.807) is 29.2 Å². The summed E-state index contributed by atoms with van der Waals surface area (Å²) in [6.07, 6.45) is 19.1. The number of nitrogens with one attached hydrogen (secondary N) is 1. The molecule has 6 heterocycles. The minimum absolute atomic E-state index is 0.00196. The molecule has 14 nitrogen and oxygen atoms in total. The molecule has 4 aliphatic heterocycles. The predicted molar refractivity (Wildman–Crippen MR) is 298 cm³/mol. The second kappa shape index (κ2) is 27.1. The minimum Gasteiger partial charge on any atom is -0.342 e. The molecular formula is C62H69ClF2N6O8. The van der Waals surface area contributed by atoms with Crippen molar-refractivity contribution < 1.29 is 47.1 Å².